The maximum atomic E-state index is 5.60. The van der Waals surface area contributed by atoms with Crippen LogP contribution < -0.4 is 5.32 Å². The fourth-order valence-corrected chi connectivity index (χ4v) is 1.87. The van der Waals surface area contributed by atoms with Gasteiger partial charge in [-0.2, -0.15) is 0 Å². The van der Waals surface area contributed by atoms with Gasteiger partial charge in [0.15, 0.2) is 0 Å². The zero-order chi connectivity index (χ0) is 11.6. The van der Waals surface area contributed by atoms with Crippen molar-refractivity contribution in [2.75, 3.05) is 39.5 Å². The Morgan fingerprint density at radius 2 is 2.25 bits per heavy atom. The van der Waals surface area contributed by atoms with Gasteiger partial charge in [-0.15, -0.1) is 0 Å². The summed E-state index contributed by atoms with van der Waals surface area (Å²) in [5.41, 5.74) is 0. The van der Waals surface area contributed by atoms with Crippen LogP contribution >= 0.6 is 0 Å². The Kier molecular flexibility index (Phi) is 7.81. The Labute approximate surface area is 99.9 Å². The molecule has 1 atom stereocenters. The summed E-state index contributed by atoms with van der Waals surface area (Å²) in [5.74, 6) is 1.46. The van der Waals surface area contributed by atoms with Crippen molar-refractivity contribution in [2.45, 2.75) is 33.1 Å². The third-order valence-corrected chi connectivity index (χ3v) is 2.94. The minimum atomic E-state index is 0.640. The average molecular weight is 229 g/mol. The van der Waals surface area contributed by atoms with Crippen molar-refractivity contribution in [3.8, 4) is 0 Å². The zero-order valence-electron chi connectivity index (χ0n) is 10.8. The summed E-state index contributed by atoms with van der Waals surface area (Å²) in [6.45, 7) is 10.1. The van der Waals surface area contributed by atoms with E-state index in [1.54, 1.807) is 0 Å². The van der Waals surface area contributed by atoms with E-state index in [0.717, 1.165) is 45.4 Å². The Morgan fingerprint density at radius 1 is 1.38 bits per heavy atom. The summed E-state index contributed by atoms with van der Waals surface area (Å²) in [6, 6.07) is 0. The van der Waals surface area contributed by atoms with Crippen molar-refractivity contribution in [1.29, 1.82) is 0 Å². The van der Waals surface area contributed by atoms with Crippen LogP contribution in [0.5, 0.6) is 0 Å². The van der Waals surface area contributed by atoms with Crippen LogP contribution in [-0.4, -0.2) is 39.5 Å². The van der Waals surface area contributed by atoms with Gasteiger partial charge in [0.25, 0.3) is 0 Å². The lowest BCUT2D eigenvalue weighted by atomic mass is 10.1. The lowest BCUT2D eigenvalue weighted by Crippen LogP contribution is -2.22. The highest BCUT2D eigenvalue weighted by Crippen LogP contribution is 2.11. The summed E-state index contributed by atoms with van der Waals surface area (Å²) in [4.78, 5) is 0. The van der Waals surface area contributed by atoms with Gasteiger partial charge in [-0.25, -0.2) is 0 Å². The van der Waals surface area contributed by atoms with Crippen LogP contribution in [0.15, 0.2) is 0 Å². The van der Waals surface area contributed by atoms with Gasteiger partial charge in [-0.05, 0) is 31.7 Å². The van der Waals surface area contributed by atoms with Crippen LogP contribution in [0.2, 0.25) is 0 Å². The normalized spacial score (nSPS) is 20.8. The molecule has 1 aliphatic rings. The van der Waals surface area contributed by atoms with E-state index in [1.165, 1.54) is 19.3 Å². The molecule has 1 rings (SSSR count). The first-order valence-electron chi connectivity index (χ1n) is 6.65. The van der Waals surface area contributed by atoms with Crippen LogP contribution in [0.4, 0.5) is 0 Å². The average Bonchev–Trinajstić information content (AvgIpc) is 2.74. The first-order valence-corrected chi connectivity index (χ1v) is 6.65. The van der Waals surface area contributed by atoms with Crippen molar-refractivity contribution in [3.05, 3.63) is 0 Å². The van der Waals surface area contributed by atoms with E-state index in [0.29, 0.717) is 5.92 Å². The first-order chi connectivity index (χ1) is 7.79. The van der Waals surface area contributed by atoms with Gasteiger partial charge in [0.1, 0.15) is 0 Å². The third-order valence-electron chi connectivity index (χ3n) is 2.94. The molecule has 0 aliphatic carbocycles. The third kappa shape index (κ3) is 7.20. The summed E-state index contributed by atoms with van der Waals surface area (Å²) in [6.07, 6.45) is 3.75. The highest BCUT2D eigenvalue weighted by Gasteiger charge is 2.14. The predicted molar refractivity (Wildman–Crippen MR) is 66.7 cm³/mol. The quantitative estimate of drug-likeness (QED) is 0.614. The molecule has 1 N–H and O–H groups in total. The SMILES string of the molecule is CC(C)CCCNCCOCC1CCOC1. The summed E-state index contributed by atoms with van der Waals surface area (Å²) in [7, 11) is 0. The largest absolute Gasteiger partial charge is 0.381 e. The monoisotopic (exact) mass is 229 g/mol. The van der Waals surface area contributed by atoms with Gasteiger partial charge in [0.05, 0.1) is 19.8 Å². The van der Waals surface area contributed by atoms with E-state index < -0.39 is 0 Å². The Hall–Kier alpha value is -0.120. The van der Waals surface area contributed by atoms with Crippen LogP contribution in [0, 0.1) is 11.8 Å². The number of hydrogen-bond donors (Lipinski definition) is 1. The molecule has 1 unspecified atom stereocenters. The molecule has 0 bridgehead atoms. The number of nitrogens with one attached hydrogen (secondary N) is 1. The maximum absolute atomic E-state index is 5.60. The highest BCUT2D eigenvalue weighted by atomic mass is 16.5. The molecular formula is C13H27NO2. The van der Waals surface area contributed by atoms with Crippen LogP contribution in [-0.2, 0) is 9.47 Å². The number of hydrogen-bond acceptors (Lipinski definition) is 3. The highest BCUT2D eigenvalue weighted by molar-refractivity contribution is 4.62. The second kappa shape index (κ2) is 8.97. The topological polar surface area (TPSA) is 30.5 Å². The molecule has 3 nitrogen and oxygen atoms in total. The molecule has 1 heterocycles. The lowest BCUT2D eigenvalue weighted by molar-refractivity contribution is 0.0914. The van der Waals surface area contributed by atoms with Crippen LogP contribution in [0.1, 0.15) is 33.1 Å². The first kappa shape index (κ1) is 13.9. The maximum Gasteiger partial charge on any atom is 0.0591 e. The van der Waals surface area contributed by atoms with Gasteiger partial charge < -0.3 is 14.8 Å². The van der Waals surface area contributed by atoms with Gasteiger partial charge in [0.2, 0.25) is 0 Å². The summed E-state index contributed by atoms with van der Waals surface area (Å²) >= 11 is 0. The molecule has 0 amide bonds. The molecule has 0 radical (unpaired) electrons. The molecule has 1 aliphatic heterocycles. The van der Waals surface area contributed by atoms with E-state index in [-0.39, 0.29) is 0 Å². The van der Waals surface area contributed by atoms with E-state index in [4.69, 9.17) is 9.47 Å². The molecule has 0 aromatic heterocycles. The van der Waals surface area contributed by atoms with Crippen molar-refractivity contribution in [1.82, 2.24) is 5.32 Å². The molecule has 0 aromatic rings. The van der Waals surface area contributed by atoms with E-state index in [9.17, 15) is 0 Å². The Morgan fingerprint density at radius 3 is 2.94 bits per heavy atom. The van der Waals surface area contributed by atoms with E-state index in [2.05, 4.69) is 19.2 Å². The molecule has 0 spiro atoms. The van der Waals surface area contributed by atoms with Crippen molar-refractivity contribution < 1.29 is 9.47 Å². The second-order valence-electron chi connectivity index (χ2n) is 5.09. The molecule has 0 saturated carbocycles. The predicted octanol–water partition coefficient (Wildman–Crippen LogP) is 2.07. The van der Waals surface area contributed by atoms with Crippen molar-refractivity contribution in [2.24, 2.45) is 11.8 Å². The molecular weight excluding hydrogens is 202 g/mol. The molecule has 3 heteroatoms. The molecule has 0 aromatic carbocycles. The van der Waals surface area contributed by atoms with Crippen LogP contribution in [0.25, 0.3) is 0 Å². The summed E-state index contributed by atoms with van der Waals surface area (Å²) < 4.78 is 10.9. The molecule has 1 saturated heterocycles. The fraction of sp³-hybridized carbons (Fsp3) is 1.00. The molecule has 1 fully saturated rings. The standard InChI is InChI=1S/C13H27NO2/c1-12(2)4-3-6-14-7-9-16-11-13-5-8-15-10-13/h12-14H,3-11H2,1-2H3. The number of ether oxygens (including phenoxy) is 2. The van der Waals surface area contributed by atoms with Crippen molar-refractivity contribution in [3.63, 3.8) is 0 Å². The minimum absolute atomic E-state index is 0.640. The van der Waals surface area contributed by atoms with Gasteiger partial charge in [-0.1, -0.05) is 13.8 Å². The van der Waals surface area contributed by atoms with Gasteiger partial charge in [0, 0.05) is 19.1 Å². The van der Waals surface area contributed by atoms with E-state index >= 15 is 0 Å². The Bertz CT molecular complexity index is 156. The fourth-order valence-electron chi connectivity index (χ4n) is 1.87. The van der Waals surface area contributed by atoms with Crippen LogP contribution in [0.3, 0.4) is 0 Å². The smallest absolute Gasteiger partial charge is 0.0591 e. The number of rotatable bonds is 9. The van der Waals surface area contributed by atoms with Gasteiger partial charge >= 0.3 is 0 Å². The second-order valence-corrected chi connectivity index (χ2v) is 5.09. The lowest BCUT2D eigenvalue weighted by Gasteiger charge is -2.09. The zero-order valence-corrected chi connectivity index (χ0v) is 10.8. The summed E-state index contributed by atoms with van der Waals surface area (Å²) in [5, 5.41) is 3.41. The Balaban J connectivity index is 1.74. The molecule has 16 heavy (non-hydrogen) atoms. The minimum Gasteiger partial charge on any atom is -0.381 e. The van der Waals surface area contributed by atoms with E-state index in [1.807, 2.05) is 0 Å². The van der Waals surface area contributed by atoms with Gasteiger partial charge in [-0.3, -0.25) is 0 Å². The van der Waals surface area contributed by atoms with Crippen molar-refractivity contribution >= 4 is 0 Å². The molecule has 96 valence electrons.